The Morgan fingerprint density at radius 1 is 1.28 bits per heavy atom. The number of rotatable bonds is 7. The van der Waals surface area contributed by atoms with Crippen molar-refractivity contribution in [2.75, 3.05) is 18.5 Å². The van der Waals surface area contributed by atoms with Gasteiger partial charge in [-0.15, -0.1) is 0 Å². The van der Waals surface area contributed by atoms with E-state index < -0.39 is 5.91 Å². The molecule has 4 rings (SSSR count). The van der Waals surface area contributed by atoms with Crippen molar-refractivity contribution in [1.29, 1.82) is 0 Å². The SMILES string of the molecule is CCOc1cc([C@H]2Nc3ccccc3C(=O)N2C2CC2)cc(Br)c1OCC(N)=O. The van der Waals surface area contributed by atoms with Crippen molar-refractivity contribution < 1.29 is 19.1 Å². The maximum atomic E-state index is 13.2. The fraction of sp³-hybridized carbons (Fsp3) is 0.333. The number of fused-ring (bicyclic) bond motifs is 1. The molecule has 2 aromatic rings. The number of ether oxygens (including phenoxy) is 2. The molecule has 8 heteroatoms. The van der Waals surface area contributed by atoms with E-state index in [4.69, 9.17) is 15.2 Å². The molecule has 0 radical (unpaired) electrons. The first-order valence-corrected chi connectivity index (χ1v) is 10.3. The standard InChI is InChI=1S/C21H22BrN3O4/c1-2-28-17-10-12(9-15(22)19(17)29-11-18(23)26)20-24-16-6-4-3-5-14(16)21(27)25(20)13-7-8-13/h3-6,9-10,13,20,24H,2,7-8,11H2,1H3,(H2,23,26)/t20-/m0/s1. The van der Waals surface area contributed by atoms with Gasteiger partial charge in [0.1, 0.15) is 6.17 Å². The molecule has 2 aromatic carbocycles. The second-order valence-electron chi connectivity index (χ2n) is 7.05. The van der Waals surface area contributed by atoms with Gasteiger partial charge in [-0.1, -0.05) is 12.1 Å². The zero-order valence-electron chi connectivity index (χ0n) is 16.0. The monoisotopic (exact) mass is 459 g/mol. The lowest BCUT2D eigenvalue weighted by molar-refractivity contribution is -0.119. The van der Waals surface area contributed by atoms with Crippen LogP contribution in [0.5, 0.6) is 11.5 Å². The number of carbonyl (C=O) groups is 2. The third kappa shape index (κ3) is 3.89. The van der Waals surface area contributed by atoms with Crippen LogP contribution in [0, 0.1) is 0 Å². The minimum atomic E-state index is -0.570. The van der Waals surface area contributed by atoms with Crippen molar-refractivity contribution in [1.82, 2.24) is 4.90 Å². The van der Waals surface area contributed by atoms with Gasteiger partial charge in [-0.3, -0.25) is 9.59 Å². The summed E-state index contributed by atoms with van der Waals surface area (Å²) in [5.41, 5.74) is 7.56. The zero-order valence-corrected chi connectivity index (χ0v) is 17.6. The van der Waals surface area contributed by atoms with Crippen molar-refractivity contribution >= 4 is 33.4 Å². The molecule has 2 aliphatic rings. The summed E-state index contributed by atoms with van der Waals surface area (Å²) in [6.45, 7) is 2.04. The molecule has 1 fully saturated rings. The summed E-state index contributed by atoms with van der Waals surface area (Å²) >= 11 is 3.52. The summed E-state index contributed by atoms with van der Waals surface area (Å²) < 4.78 is 11.9. The highest BCUT2D eigenvalue weighted by Gasteiger charge is 2.42. The van der Waals surface area contributed by atoms with Crippen molar-refractivity contribution in [2.45, 2.75) is 32.0 Å². The number of halogens is 1. The van der Waals surface area contributed by atoms with Crippen LogP contribution in [0.1, 0.15) is 41.9 Å². The van der Waals surface area contributed by atoms with Crippen molar-refractivity contribution in [3.05, 3.63) is 52.0 Å². The third-order valence-corrected chi connectivity index (χ3v) is 5.50. The number of nitrogens with zero attached hydrogens (tertiary/aromatic N) is 1. The Balaban J connectivity index is 1.74. The Morgan fingerprint density at radius 2 is 2.03 bits per heavy atom. The van der Waals surface area contributed by atoms with Crippen molar-refractivity contribution in [2.24, 2.45) is 5.73 Å². The van der Waals surface area contributed by atoms with Gasteiger partial charge in [0.25, 0.3) is 11.8 Å². The van der Waals surface area contributed by atoms with Gasteiger partial charge in [0.2, 0.25) is 0 Å². The highest BCUT2D eigenvalue weighted by Crippen LogP contribution is 2.44. The lowest BCUT2D eigenvalue weighted by atomic mass is 10.0. The summed E-state index contributed by atoms with van der Waals surface area (Å²) in [5.74, 6) is 0.353. The van der Waals surface area contributed by atoms with E-state index in [1.54, 1.807) is 0 Å². The van der Waals surface area contributed by atoms with Crippen LogP contribution in [0.2, 0.25) is 0 Å². The Morgan fingerprint density at radius 3 is 2.72 bits per heavy atom. The Kier molecular flexibility index (Phi) is 5.36. The van der Waals surface area contributed by atoms with Crippen molar-refractivity contribution in [3.8, 4) is 11.5 Å². The second-order valence-corrected chi connectivity index (χ2v) is 7.91. The van der Waals surface area contributed by atoms with E-state index in [1.165, 1.54) is 0 Å². The van der Waals surface area contributed by atoms with E-state index in [-0.39, 0.29) is 24.7 Å². The Hall–Kier alpha value is -2.74. The van der Waals surface area contributed by atoms with Gasteiger partial charge in [0.15, 0.2) is 18.1 Å². The predicted octanol–water partition coefficient (Wildman–Crippen LogP) is 3.44. The van der Waals surface area contributed by atoms with Gasteiger partial charge in [-0.05, 0) is 65.5 Å². The van der Waals surface area contributed by atoms with Crippen LogP contribution >= 0.6 is 15.9 Å². The number of primary amides is 1. The number of benzene rings is 2. The van der Waals surface area contributed by atoms with E-state index in [9.17, 15) is 9.59 Å². The highest BCUT2D eigenvalue weighted by atomic mass is 79.9. The molecule has 7 nitrogen and oxygen atoms in total. The van der Waals surface area contributed by atoms with Crippen LogP contribution in [0.15, 0.2) is 40.9 Å². The maximum Gasteiger partial charge on any atom is 0.258 e. The molecule has 0 saturated heterocycles. The van der Waals surface area contributed by atoms with Crippen molar-refractivity contribution in [3.63, 3.8) is 0 Å². The number of para-hydroxylation sites is 1. The van der Waals surface area contributed by atoms with Crippen LogP contribution in [0.25, 0.3) is 0 Å². The molecule has 1 heterocycles. The van der Waals surface area contributed by atoms with Gasteiger partial charge >= 0.3 is 0 Å². The number of hydrogen-bond donors (Lipinski definition) is 2. The fourth-order valence-corrected chi connectivity index (χ4v) is 4.11. The van der Waals surface area contributed by atoms with E-state index in [0.717, 1.165) is 24.1 Å². The molecular weight excluding hydrogens is 438 g/mol. The summed E-state index contributed by atoms with van der Waals surface area (Å²) in [5, 5.41) is 3.50. The topological polar surface area (TPSA) is 93.9 Å². The fourth-order valence-electron chi connectivity index (χ4n) is 3.53. The van der Waals surface area contributed by atoms with E-state index in [2.05, 4.69) is 21.2 Å². The molecule has 2 amide bonds. The molecule has 1 aliphatic carbocycles. The summed E-state index contributed by atoms with van der Waals surface area (Å²) in [6.07, 6.45) is 1.65. The molecule has 1 aliphatic heterocycles. The largest absolute Gasteiger partial charge is 0.490 e. The summed E-state index contributed by atoms with van der Waals surface area (Å²) in [7, 11) is 0. The Bertz CT molecular complexity index is 961. The number of amides is 2. The normalized spacial score (nSPS) is 18.1. The molecule has 0 unspecified atom stereocenters. The van der Waals surface area contributed by atoms with E-state index >= 15 is 0 Å². The molecule has 1 saturated carbocycles. The highest BCUT2D eigenvalue weighted by molar-refractivity contribution is 9.10. The lowest BCUT2D eigenvalue weighted by Gasteiger charge is -2.38. The molecule has 152 valence electrons. The molecule has 1 atom stereocenters. The number of carbonyl (C=O) groups excluding carboxylic acids is 2. The molecule has 0 spiro atoms. The molecule has 0 bridgehead atoms. The minimum Gasteiger partial charge on any atom is -0.490 e. The molecular formula is C21H22BrN3O4. The van der Waals surface area contributed by atoms with Gasteiger partial charge in [-0.2, -0.15) is 0 Å². The smallest absolute Gasteiger partial charge is 0.258 e. The molecule has 0 aromatic heterocycles. The van der Waals surface area contributed by atoms with Gasteiger partial charge in [0.05, 0.1) is 16.6 Å². The number of nitrogens with two attached hydrogens (primary N) is 1. The van der Waals surface area contributed by atoms with Gasteiger partial charge in [-0.25, -0.2) is 0 Å². The van der Waals surface area contributed by atoms with Crippen LogP contribution < -0.4 is 20.5 Å². The zero-order chi connectivity index (χ0) is 20.5. The number of nitrogens with one attached hydrogen (secondary N) is 1. The lowest BCUT2D eigenvalue weighted by Crippen LogP contribution is -2.44. The third-order valence-electron chi connectivity index (χ3n) is 4.91. The van der Waals surface area contributed by atoms with Crippen LogP contribution in [0.3, 0.4) is 0 Å². The Labute approximate surface area is 177 Å². The quantitative estimate of drug-likeness (QED) is 0.661. The summed E-state index contributed by atoms with van der Waals surface area (Å²) in [6, 6.07) is 11.5. The minimum absolute atomic E-state index is 0.0231. The molecule has 29 heavy (non-hydrogen) atoms. The van der Waals surface area contributed by atoms with Gasteiger partial charge < -0.3 is 25.4 Å². The van der Waals surface area contributed by atoms with Crippen LogP contribution in [-0.2, 0) is 4.79 Å². The molecule has 3 N–H and O–H groups in total. The maximum absolute atomic E-state index is 13.2. The first-order chi connectivity index (χ1) is 14.0. The van der Waals surface area contributed by atoms with E-state index in [1.807, 2.05) is 48.2 Å². The van der Waals surface area contributed by atoms with Gasteiger partial charge in [0, 0.05) is 11.7 Å². The van der Waals surface area contributed by atoms with E-state index in [0.29, 0.717) is 28.1 Å². The van der Waals surface area contributed by atoms with Crippen LogP contribution in [-0.4, -0.2) is 36.0 Å². The predicted molar refractivity (Wildman–Crippen MR) is 112 cm³/mol. The second kappa shape index (κ2) is 7.94. The first kappa shape index (κ1) is 19.6. The average molecular weight is 460 g/mol. The van der Waals surface area contributed by atoms with Crippen LogP contribution in [0.4, 0.5) is 5.69 Å². The number of anilines is 1. The average Bonchev–Trinajstić information content (AvgIpc) is 3.52. The first-order valence-electron chi connectivity index (χ1n) is 9.55. The number of hydrogen-bond acceptors (Lipinski definition) is 5. The summed E-state index contributed by atoms with van der Waals surface area (Å²) in [4.78, 5) is 26.2.